The highest BCUT2D eigenvalue weighted by atomic mass is 16.2. The summed E-state index contributed by atoms with van der Waals surface area (Å²) < 4.78 is 0. The number of likely N-dealkylation sites (tertiary alicyclic amines) is 1. The first-order valence-electron chi connectivity index (χ1n) is 10.0. The fraction of sp³-hybridized carbons (Fsp3) is 0.619. The number of benzene rings is 1. The first kappa shape index (κ1) is 19.7. The molecule has 0 saturated carbocycles. The van der Waals surface area contributed by atoms with Crippen LogP contribution in [0.3, 0.4) is 0 Å². The van der Waals surface area contributed by atoms with Gasteiger partial charge in [-0.3, -0.25) is 14.5 Å². The molecule has 0 aliphatic carbocycles. The lowest BCUT2D eigenvalue weighted by Crippen LogP contribution is -2.42. The van der Waals surface area contributed by atoms with Crippen LogP contribution >= 0.6 is 0 Å². The van der Waals surface area contributed by atoms with E-state index in [1.807, 2.05) is 18.2 Å². The van der Waals surface area contributed by atoms with Crippen LogP contribution in [0.1, 0.15) is 33.1 Å². The van der Waals surface area contributed by atoms with E-state index in [0.717, 1.165) is 32.5 Å². The van der Waals surface area contributed by atoms with E-state index in [1.165, 1.54) is 5.69 Å². The van der Waals surface area contributed by atoms with Crippen LogP contribution in [0.4, 0.5) is 5.69 Å². The number of carbonyl (C=O) groups is 2. The zero-order valence-corrected chi connectivity index (χ0v) is 16.7. The Morgan fingerprint density at radius 1 is 1.37 bits per heavy atom. The molecule has 2 aliphatic heterocycles. The van der Waals surface area contributed by atoms with Gasteiger partial charge in [0.15, 0.2) is 0 Å². The molecular formula is C21H32N4O2. The van der Waals surface area contributed by atoms with E-state index in [9.17, 15) is 9.59 Å². The molecule has 2 N–H and O–H groups in total. The van der Waals surface area contributed by atoms with Crippen molar-refractivity contribution in [3.05, 3.63) is 30.3 Å². The predicted molar refractivity (Wildman–Crippen MR) is 108 cm³/mol. The van der Waals surface area contributed by atoms with E-state index < -0.39 is 6.04 Å². The molecule has 6 nitrogen and oxygen atoms in total. The smallest absolute Gasteiger partial charge is 0.242 e. The van der Waals surface area contributed by atoms with E-state index >= 15 is 0 Å². The van der Waals surface area contributed by atoms with Gasteiger partial charge in [0.05, 0.1) is 5.41 Å². The lowest BCUT2D eigenvalue weighted by molar-refractivity contribution is -0.128. The monoisotopic (exact) mass is 372 g/mol. The van der Waals surface area contributed by atoms with Gasteiger partial charge in [-0.15, -0.1) is 0 Å². The zero-order chi connectivity index (χ0) is 19.4. The van der Waals surface area contributed by atoms with Crippen molar-refractivity contribution in [2.75, 3.05) is 38.1 Å². The van der Waals surface area contributed by atoms with Crippen LogP contribution in [0.25, 0.3) is 0 Å². The maximum atomic E-state index is 12.5. The molecule has 6 heteroatoms. The molecular weight excluding hydrogens is 340 g/mol. The highest BCUT2D eigenvalue weighted by molar-refractivity contribution is 5.94. The van der Waals surface area contributed by atoms with Gasteiger partial charge >= 0.3 is 0 Å². The van der Waals surface area contributed by atoms with Crippen molar-refractivity contribution in [1.82, 2.24) is 15.5 Å². The normalized spacial score (nSPS) is 25.2. The molecule has 27 heavy (non-hydrogen) atoms. The van der Waals surface area contributed by atoms with Gasteiger partial charge in [0, 0.05) is 38.4 Å². The molecule has 0 aromatic heterocycles. The second kappa shape index (κ2) is 8.30. The Kier molecular flexibility index (Phi) is 6.05. The first-order valence-corrected chi connectivity index (χ1v) is 10.0. The maximum absolute atomic E-state index is 12.5. The largest absolute Gasteiger partial charge is 0.375 e. The van der Waals surface area contributed by atoms with E-state index in [0.29, 0.717) is 19.0 Å². The topological polar surface area (TPSA) is 64.7 Å². The summed E-state index contributed by atoms with van der Waals surface area (Å²) in [5.41, 5.74) is 0.796. The van der Waals surface area contributed by atoms with Crippen LogP contribution in [0.5, 0.6) is 0 Å². The van der Waals surface area contributed by atoms with Crippen molar-refractivity contribution in [2.45, 2.75) is 45.2 Å². The third-order valence-electron chi connectivity index (χ3n) is 5.98. The van der Waals surface area contributed by atoms with Gasteiger partial charge in [-0.2, -0.15) is 0 Å². The van der Waals surface area contributed by atoms with Crippen molar-refractivity contribution in [3.63, 3.8) is 0 Å². The summed E-state index contributed by atoms with van der Waals surface area (Å²) in [6.07, 6.45) is 2.33. The third kappa shape index (κ3) is 4.43. The minimum absolute atomic E-state index is 0.0504. The number of para-hydroxylation sites is 1. The number of rotatable bonds is 7. The lowest BCUT2D eigenvalue weighted by Gasteiger charge is -2.23. The molecule has 2 aliphatic rings. The van der Waals surface area contributed by atoms with Crippen molar-refractivity contribution < 1.29 is 9.59 Å². The summed E-state index contributed by atoms with van der Waals surface area (Å²) in [5, 5.41) is 5.93. The number of amides is 2. The summed E-state index contributed by atoms with van der Waals surface area (Å²) in [4.78, 5) is 29.6. The van der Waals surface area contributed by atoms with Crippen LogP contribution < -0.4 is 15.5 Å². The molecule has 0 bridgehead atoms. The number of carbonyl (C=O) groups excluding carboxylic acids is 2. The van der Waals surface area contributed by atoms with Crippen molar-refractivity contribution in [2.24, 2.45) is 5.41 Å². The van der Waals surface area contributed by atoms with Crippen LogP contribution in [0, 0.1) is 5.41 Å². The van der Waals surface area contributed by atoms with Gasteiger partial charge in [-0.05, 0) is 51.8 Å². The molecule has 2 heterocycles. The van der Waals surface area contributed by atoms with Crippen LogP contribution in [-0.4, -0.2) is 62.0 Å². The number of nitrogens with zero attached hydrogens (tertiary/aromatic N) is 2. The Hall–Kier alpha value is -2.08. The highest BCUT2D eigenvalue weighted by Gasteiger charge is 2.52. The van der Waals surface area contributed by atoms with Gasteiger partial charge in [0.2, 0.25) is 11.8 Å². The van der Waals surface area contributed by atoms with Gasteiger partial charge in [-0.25, -0.2) is 0 Å². The van der Waals surface area contributed by atoms with Crippen LogP contribution in [0.2, 0.25) is 0 Å². The van der Waals surface area contributed by atoms with Crippen molar-refractivity contribution >= 4 is 17.5 Å². The SMILES string of the molecule is CC(C)N1CC[C@@]2(C[C@@H](C(=O)NCCCN(C)c3ccccc3)NC2=O)C1. The Morgan fingerprint density at radius 2 is 2.11 bits per heavy atom. The molecule has 148 valence electrons. The first-order chi connectivity index (χ1) is 12.9. The van der Waals surface area contributed by atoms with Crippen LogP contribution in [-0.2, 0) is 9.59 Å². The molecule has 1 aromatic carbocycles. The number of nitrogens with one attached hydrogen (secondary N) is 2. The molecule has 1 spiro atoms. The van der Waals surface area contributed by atoms with Crippen LogP contribution in [0.15, 0.2) is 30.3 Å². The Bertz CT molecular complexity index is 663. The summed E-state index contributed by atoms with van der Waals surface area (Å²) in [7, 11) is 2.05. The fourth-order valence-electron chi connectivity index (χ4n) is 4.16. The minimum Gasteiger partial charge on any atom is -0.375 e. The molecule has 0 unspecified atom stereocenters. The second-order valence-corrected chi connectivity index (χ2v) is 8.23. The van der Waals surface area contributed by atoms with E-state index in [4.69, 9.17) is 0 Å². The number of hydrogen-bond donors (Lipinski definition) is 2. The maximum Gasteiger partial charge on any atom is 0.242 e. The Morgan fingerprint density at radius 3 is 2.78 bits per heavy atom. The van der Waals surface area contributed by atoms with E-state index in [2.05, 4.69) is 53.5 Å². The summed E-state index contributed by atoms with van der Waals surface area (Å²) in [5.74, 6) is 0.000182. The molecule has 2 saturated heterocycles. The van der Waals surface area contributed by atoms with Gasteiger partial charge in [0.25, 0.3) is 0 Å². The summed E-state index contributed by atoms with van der Waals surface area (Å²) >= 11 is 0. The van der Waals surface area contributed by atoms with Crippen molar-refractivity contribution in [3.8, 4) is 0 Å². The number of hydrogen-bond acceptors (Lipinski definition) is 4. The number of anilines is 1. The molecule has 2 amide bonds. The molecule has 2 fully saturated rings. The average molecular weight is 373 g/mol. The highest BCUT2D eigenvalue weighted by Crippen LogP contribution is 2.40. The van der Waals surface area contributed by atoms with Gasteiger partial charge in [-0.1, -0.05) is 18.2 Å². The Labute approximate surface area is 162 Å². The van der Waals surface area contributed by atoms with E-state index in [-0.39, 0.29) is 17.2 Å². The Balaban J connectivity index is 1.42. The van der Waals surface area contributed by atoms with Crippen molar-refractivity contribution in [1.29, 1.82) is 0 Å². The quantitative estimate of drug-likeness (QED) is 0.714. The zero-order valence-electron chi connectivity index (χ0n) is 16.7. The molecule has 0 radical (unpaired) electrons. The fourth-order valence-corrected chi connectivity index (χ4v) is 4.16. The van der Waals surface area contributed by atoms with Gasteiger partial charge in [0.1, 0.15) is 6.04 Å². The second-order valence-electron chi connectivity index (χ2n) is 8.23. The standard InChI is InChI=1S/C21H32N4O2/c1-16(2)25-13-10-21(15-25)14-18(23-20(21)27)19(26)22-11-7-12-24(3)17-8-5-4-6-9-17/h4-6,8-9,16,18H,7,10-15H2,1-3H3,(H,22,26)(H,23,27)/t18-,21+/m0/s1. The summed E-state index contributed by atoms with van der Waals surface area (Å²) in [6.45, 7) is 7.50. The third-order valence-corrected chi connectivity index (χ3v) is 5.98. The predicted octanol–water partition coefficient (Wildman–Crippen LogP) is 1.62. The molecule has 3 rings (SSSR count). The minimum atomic E-state index is -0.392. The molecule has 2 atom stereocenters. The average Bonchev–Trinajstić information content (AvgIpc) is 3.24. The lowest BCUT2D eigenvalue weighted by atomic mass is 9.84. The van der Waals surface area contributed by atoms with E-state index in [1.54, 1.807) is 0 Å². The summed E-state index contributed by atoms with van der Waals surface area (Å²) in [6, 6.07) is 10.3. The van der Waals surface area contributed by atoms with Gasteiger partial charge < -0.3 is 15.5 Å². The molecule has 1 aromatic rings.